The quantitative estimate of drug-likeness (QED) is 0.401. The van der Waals surface area contributed by atoms with E-state index in [0.29, 0.717) is 35.6 Å². The van der Waals surface area contributed by atoms with Gasteiger partial charge in [-0.05, 0) is 61.5 Å². The summed E-state index contributed by atoms with van der Waals surface area (Å²) in [6, 6.07) is 18.1. The fourth-order valence-corrected chi connectivity index (χ4v) is 5.83. The number of thiocarbonyl (C=S) groups is 1. The maximum Gasteiger partial charge on any atom is 0.226 e. The largest absolute Gasteiger partial charge is 0.495 e. The van der Waals surface area contributed by atoms with Crippen LogP contribution in [-0.4, -0.2) is 39.1 Å². The van der Waals surface area contributed by atoms with Crippen molar-refractivity contribution in [1.29, 1.82) is 0 Å². The van der Waals surface area contributed by atoms with Crippen LogP contribution in [0.15, 0.2) is 67.0 Å². The molecule has 0 spiro atoms. The van der Waals surface area contributed by atoms with Gasteiger partial charge in [0.05, 0.1) is 30.6 Å². The summed E-state index contributed by atoms with van der Waals surface area (Å²) >= 11 is 5.82. The average Bonchev–Trinajstić information content (AvgIpc) is 3.53. The Kier molecular flexibility index (Phi) is 7.51. The molecule has 2 N–H and O–H groups in total. The standard InChI is InChI=1S/C28H33N5O2S/c1-35-24-15-6-5-12-21(24)30-25(34)16-19-33-27(26(31-28(33)36)22-13-7-8-17-29-22)23-14-9-18-32(23)20-10-3-2-4-11-20/h5-9,12-15,17-18,20,26-27H,2-4,10-11,16,19H2,1H3,(H,30,34)(H,31,36)/t26-,27-/m1/s1. The third-order valence-corrected chi connectivity index (χ3v) is 7.59. The van der Waals surface area contributed by atoms with Crippen LogP contribution in [0.4, 0.5) is 5.69 Å². The average molecular weight is 504 g/mol. The van der Waals surface area contributed by atoms with Gasteiger partial charge in [-0.15, -0.1) is 0 Å². The van der Waals surface area contributed by atoms with E-state index in [1.807, 2.05) is 48.7 Å². The highest BCUT2D eigenvalue weighted by molar-refractivity contribution is 7.80. The van der Waals surface area contributed by atoms with E-state index in [2.05, 4.69) is 43.4 Å². The number of pyridine rings is 1. The second-order valence-electron chi connectivity index (χ2n) is 9.45. The number of anilines is 1. The summed E-state index contributed by atoms with van der Waals surface area (Å²) in [7, 11) is 1.60. The number of nitrogens with one attached hydrogen (secondary N) is 2. The molecule has 2 fully saturated rings. The molecule has 8 heteroatoms. The number of ether oxygens (including phenoxy) is 1. The molecular formula is C28H33N5O2S. The van der Waals surface area contributed by atoms with Crippen molar-refractivity contribution in [2.45, 2.75) is 56.7 Å². The van der Waals surface area contributed by atoms with Crippen molar-refractivity contribution in [2.24, 2.45) is 0 Å². The molecule has 3 aromatic rings. The molecule has 1 saturated heterocycles. The zero-order chi connectivity index (χ0) is 24.9. The maximum atomic E-state index is 12.9. The number of aromatic nitrogens is 2. The fraction of sp³-hybridized carbons (Fsp3) is 0.393. The van der Waals surface area contributed by atoms with Crippen LogP contribution in [0.3, 0.4) is 0 Å². The number of rotatable bonds is 8. The number of methoxy groups -OCH3 is 1. The Balaban J connectivity index is 1.39. The summed E-state index contributed by atoms with van der Waals surface area (Å²) in [6.45, 7) is 0.497. The second kappa shape index (κ2) is 11.1. The van der Waals surface area contributed by atoms with Crippen LogP contribution in [0, 0.1) is 0 Å². The smallest absolute Gasteiger partial charge is 0.226 e. The normalized spacial score (nSPS) is 20.2. The summed E-state index contributed by atoms with van der Waals surface area (Å²) < 4.78 is 7.82. The van der Waals surface area contributed by atoms with Crippen molar-refractivity contribution >= 4 is 28.9 Å². The molecular weight excluding hydrogens is 470 g/mol. The van der Waals surface area contributed by atoms with Gasteiger partial charge in [-0.25, -0.2) is 0 Å². The van der Waals surface area contributed by atoms with Gasteiger partial charge in [-0.1, -0.05) is 37.5 Å². The lowest BCUT2D eigenvalue weighted by Crippen LogP contribution is -2.34. The van der Waals surface area contributed by atoms with Crippen LogP contribution < -0.4 is 15.4 Å². The monoisotopic (exact) mass is 503 g/mol. The molecule has 1 saturated carbocycles. The van der Waals surface area contributed by atoms with Crippen molar-refractivity contribution < 1.29 is 9.53 Å². The molecule has 0 unspecified atom stereocenters. The molecule has 188 valence electrons. The first kappa shape index (κ1) is 24.3. The van der Waals surface area contributed by atoms with E-state index >= 15 is 0 Å². The van der Waals surface area contributed by atoms with Crippen LogP contribution in [0.1, 0.15) is 68.0 Å². The first-order valence-corrected chi connectivity index (χ1v) is 13.1. The highest BCUT2D eigenvalue weighted by atomic mass is 32.1. The molecule has 1 aromatic carbocycles. The van der Waals surface area contributed by atoms with Crippen molar-refractivity contribution in [2.75, 3.05) is 19.0 Å². The molecule has 7 nitrogen and oxygen atoms in total. The molecule has 3 heterocycles. The van der Waals surface area contributed by atoms with E-state index in [0.717, 1.165) is 5.69 Å². The Labute approximate surface area is 217 Å². The van der Waals surface area contributed by atoms with Crippen molar-refractivity contribution in [1.82, 2.24) is 19.8 Å². The van der Waals surface area contributed by atoms with E-state index in [1.54, 1.807) is 7.11 Å². The summed E-state index contributed by atoms with van der Waals surface area (Å²) in [4.78, 5) is 19.7. The minimum absolute atomic E-state index is 0.0524. The summed E-state index contributed by atoms with van der Waals surface area (Å²) in [5.41, 5.74) is 2.83. The number of para-hydroxylation sites is 2. The number of hydrogen-bond donors (Lipinski definition) is 2. The third-order valence-electron chi connectivity index (χ3n) is 7.24. The minimum atomic E-state index is -0.0896. The van der Waals surface area contributed by atoms with E-state index in [-0.39, 0.29) is 18.0 Å². The maximum absolute atomic E-state index is 12.9. The summed E-state index contributed by atoms with van der Waals surface area (Å²) in [6.07, 6.45) is 10.6. The third kappa shape index (κ3) is 5.09. The molecule has 1 amide bonds. The Hall–Kier alpha value is -3.39. The summed E-state index contributed by atoms with van der Waals surface area (Å²) in [5.74, 6) is 0.563. The Morgan fingerprint density at radius 2 is 1.92 bits per heavy atom. The molecule has 5 rings (SSSR count). The number of benzene rings is 1. The Morgan fingerprint density at radius 1 is 1.11 bits per heavy atom. The first-order chi connectivity index (χ1) is 17.7. The lowest BCUT2D eigenvalue weighted by molar-refractivity contribution is -0.116. The van der Waals surface area contributed by atoms with Crippen LogP contribution >= 0.6 is 12.2 Å². The zero-order valence-corrected chi connectivity index (χ0v) is 21.4. The highest BCUT2D eigenvalue weighted by Gasteiger charge is 2.41. The van der Waals surface area contributed by atoms with Crippen molar-refractivity contribution in [3.05, 3.63) is 78.4 Å². The highest BCUT2D eigenvalue weighted by Crippen LogP contribution is 2.41. The lowest BCUT2D eigenvalue weighted by Gasteiger charge is -2.32. The van der Waals surface area contributed by atoms with Crippen LogP contribution in [0.2, 0.25) is 0 Å². The number of carbonyl (C=O) groups excluding carboxylic acids is 1. The first-order valence-electron chi connectivity index (χ1n) is 12.7. The fourth-order valence-electron chi connectivity index (χ4n) is 5.50. The molecule has 2 aromatic heterocycles. The molecule has 2 aliphatic rings. The van der Waals surface area contributed by atoms with Crippen LogP contribution in [-0.2, 0) is 4.79 Å². The number of carbonyl (C=O) groups is 1. The van der Waals surface area contributed by atoms with Crippen molar-refractivity contribution in [3.8, 4) is 5.75 Å². The number of amides is 1. The molecule has 2 atom stereocenters. The number of nitrogens with zero attached hydrogens (tertiary/aromatic N) is 3. The summed E-state index contributed by atoms with van der Waals surface area (Å²) in [5, 5.41) is 7.14. The molecule has 0 bridgehead atoms. The Bertz CT molecular complexity index is 1190. The van der Waals surface area contributed by atoms with Gasteiger partial charge in [0.25, 0.3) is 0 Å². The van der Waals surface area contributed by atoms with Gasteiger partial charge in [0, 0.05) is 37.1 Å². The molecule has 1 aliphatic heterocycles. The van der Waals surface area contributed by atoms with Gasteiger partial charge in [-0.3, -0.25) is 9.78 Å². The van der Waals surface area contributed by atoms with Gasteiger partial charge >= 0.3 is 0 Å². The minimum Gasteiger partial charge on any atom is -0.495 e. The van der Waals surface area contributed by atoms with Gasteiger partial charge < -0.3 is 24.8 Å². The second-order valence-corrected chi connectivity index (χ2v) is 9.84. The predicted molar refractivity (Wildman–Crippen MR) is 145 cm³/mol. The van der Waals surface area contributed by atoms with E-state index in [4.69, 9.17) is 17.0 Å². The zero-order valence-electron chi connectivity index (χ0n) is 20.6. The van der Waals surface area contributed by atoms with Crippen LogP contribution in [0.25, 0.3) is 0 Å². The van der Waals surface area contributed by atoms with Crippen LogP contribution in [0.5, 0.6) is 5.75 Å². The van der Waals surface area contributed by atoms with E-state index in [9.17, 15) is 4.79 Å². The van der Waals surface area contributed by atoms with E-state index in [1.165, 1.54) is 37.8 Å². The lowest BCUT2D eigenvalue weighted by atomic mass is 9.94. The molecule has 36 heavy (non-hydrogen) atoms. The molecule has 1 aliphatic carbocycles. The topological polar surface area (TPSA) is 71.4 Å². The SMILES string of the molecule is COc1ccccc1NC(=O)CCN1C(=S)N[C@H](c2ccccn2)[C@H]1c1cccn1C1CCCCC1. The van der Waals surface area contributed by atoms with E-state index < -0.39 is 0 Å². The Morgan fingerprint density at radius 3 is 2.69 bits per heavy atom. The van der Waals surface area contributed by atoms with Gasteiger partial charge in [0.1, 0.15) is 5.75 Å². The van der Waals surface area contributed by atoms with Gasteiger partial charge in [0.2, 0.25) is 5.91 Å². The molecule has 0 radical (unpaired) electrons. The number of hydrogen-bond acceptors (Lipinski definition) is 4. The van der Waals surface area contributed by atoms with Gasteiger partial charge in [0.15, 0.2) is 5.11 Å². The van der Waals surface area contributed by atoms with Gasteiger partial charge in [-0.2, -0.15) is 0 Å². The predicted octanol–water partition coefficient (Wildman–Crippen LogP) is 5.40. The van der Waals surface area contributed by atoms with Crippen molar-refractivity contribution in [3.63, 3.8) is 0 Å².